The molecule has 30 heavy (non-hydrogen) atoms. The molecule has 2 aliphatic rings. The van der Waals surface area contributed by atoms with Crippen LogP contribution in [0.25, 0.3) is 0 Å². The highest BCUT2D eigenvalue weighted by molar-refractivity contribution is 5.94. The summed E-state index contributed by atoms with van der Waals surface area (Å²) in [6.45, 7) is 3.97. The molecule has 1 aromatic carbocycles. The molecule has 0 radical (unpaired) electrons. The van der Waals surface area contributed by atoms with Crippen molar-refractivity contribution in [3.05, 3.63) is 48.2 Å². The minimum Gasteiger partial charge on any atom is -0.494 e. The van der Waals surface area contributed by atoms with Crippen molar-refractivity contribution in [2.75, 3.05) is 29.9 Å². The fourth-order valence-electron chi connectivity index (χ4n) is 4.20. The number of hydrogen-bond donors (Lipinski definition) is 1. The van der Waals surface area contributed by atoms with Crippen LogP contribution in [0, 0.1) is 0 Å². The first kappa shape index (κ1) is 20.2. The number of anilines is 2. The maximum absolute atomic E-state index is 12.8. The lowest BCUT2D eigenvalue weighted by molar-refractivity contribution is -0.115. The standard InChI is InChI=1S/C23H28N4O3/c1-2-30-20-10-7-17(8-11-20)15-22(28)25-18-9-12-21(24-16-18)27-14-13-26(23(27)29)19-5-3-4-6-19/h7-12,16,19H,2-6,13-15H2,1H3,(H,25,28). The van der Waals surface area contributed by atoms with E-state index >= 15 is 0 Å². The molecule has 2 fully saturated rings. The number of hydrogen-bond acceptors (Lipinski definition) is 4. The fraction of sp³-hybridized carbons (Fsp3) is 0.435. The van der Waals surface area contributed by atoms with Crippen LogP contribution in [0.1, 0.15) is 38.2 Å². The van der Waals surface area contributed by atoms with E-state index < -0.39 is 0 Å². The van der Waals surface area contributed by atoms with Crippen molar-refractivity contribution in [3.63, 3.8) is 0 Å². The lowest BCUT2D eigenvalue weighted by Gasteiger charge is -2.23. The van der Waals surface area contributed by atoms with Gasteiger partial charge in [0.1, 0.15) is 11.6 Å². The van der Waals surface area contributed by atoms with Gasteiger partial charge < -0.3 is 15.0 Å². The Hall–Kier alpha value is -3.09. The highest BCUT2D eigenvalue weighted by Gasteiger charge is 2.36. The van der Waals surface area contributed by atoms with Gasteiger partial charge in [0.05, 0.1) is 24.9 Å². The Kier molecular flexibility index (Phi) is 6.16. The van der Waals surface area contributed by atoms with E-state index in [1.807, 2.05) is 36.1 Å². The van der Waals surface area contributed by atoms with Gasteiger partial charge in [-0.25, -0.2) is 9.78 Å². The van der Waals surface area contributed by atoms with Crippen LogP contribution in [0.15, 0.2) is 42.6 Å². The number of nitrogens with zero attached hydrogens (tertiary/aromatic N) is 3. The van der Waals surface area contributed by atoms with E-state index in [1.54, 1.807) is 23.2 Å². The van der Waals surface area contributed by atoms with Crippen molar-refractivity contribution in [1.82, 2.24) is 9.88 Å². The number of ether oxygens (including phenoxy) is 1. The molecule has 1 aliphatic heterocycles. The number of rotatable bonds is 7. The Morgan fingerprint density at radius 3 is 2.57 bits per heavy atom. The van der Waals surface area contributed by atoms with Gasteiger partial charge in [-0.15, -0.1) is 0 Å². The van der Waals surface area contributed by atoms with Gasteiger partial charge in [-0.05, 0) is 49.6 Å². The third-order valence-electron chi connectivity index (χ3n) is 5.71. The van der Waals surface area contributed by atoms with Crippen molar-refractivity contribution < 1.29 is 14.3 Å². The summed E-state index contributed by atoms with van der Waals surface area (Å²) < 4.78 is 5.42. The van der Waals surface area contributed by atoms with E-state index in [9.17, 15) is 9.59 Å². The summed E-state index contributed by atoms with van der Waals surface area (Å²) in [5, 5.41) is 2.87. The van der Waals surface area contributed by atoms with Crippen molar-refractivity contribution in [2.24, 2.45) is 0 Å². The number of carbonyl (C=O) groups excluding carboxylic acids is 2. The van der Waals surface area contributed by atoms with Crippen LogP contribution in [0.5, 0.6) is 5.75 Å². The van der Waals surface area contributed by atoms with Crippen LogP contribution < -0.4 is 15.0 Å². The summed E-state index contributed by atoms with van der Waals surface area (Å²) in [7, 11) is 0. The lowest BCUT2D eigenvalue weighted by atomic mass is 10.1. The van der Waals surface area contributed by atoms with Crippen molar-refractivity contribution in [2.45, 2.75) is 45.1 Å². The van der Waals surface area contributed by atoms with E-state index in [1.165, 1.54) is 12.8 Å². The molecule has 2 aromatic rings. The second-order valence-electron chi connectivity index (χ2n) is 7.77. The molecule has 1 N–H and O–H groups in total. The highest BCUT2D eigenvalue weighted by Crippen LogP contribution is 2.28. The molecular formula is C23H28N4O3. The molecule has 1 saturated heterocycles. The van der Waals surface area contributed by atoms with Gasteiger partial charge >= 0.3 is 6.03 Å². The Morgan fingerprint density at radius 1 is 1.13 bits per heavy atom. The number of pyridine rings is 1. The van der Waals surface area contributed by atoms with Gasteiger partial charge in [-0.3, -0.25) is 9.69 Å². The molecular weight excluding hydrogens is 380 g/mol. The minimum absolute atomic E-state index is 0.0432. The monoisotopic (exact) mass is 408 g/mol. The molecule has 0 unspecified atom stereocenters. The summed E-state index contributed by atoms with van der Waals surface area (Å²) in [5.74, 6) is 1.31. The zero-order chi connectivity index (χ0) is 20.9. The van der Waals surface area contributed by atoms with Crippen LogP contribution >= 0.6 is 0 Å². The van der Waals surface area contributed by atoms with Crippen molar-refractivity contribution in [3.8, 4) is 5.75 Å². The first-order chi connectivity index (χ1) is 14.6. The molecule has 1 aromatic heterocycles. The zero-order valence-electron chi connectivity index (χ0n) is 17.3. The number of nitrogens with one attached hydrogen (secondary N) is 1. The van der Waals surface area contributed by atoms with Gasteiger partial charge in [0.25, 0.3) is 0 Å². The molecule has 2 heterocycles. The predicted molar refractivity (Wildman–Crippen MR) is 116 cm³/mol. The highest BCUT2D eigenvalue weighted by atomic mass is 16.5. The normalized spacial score (nSPS) is 16.9. The second kappa shape index (κ2) is 9.15. The first-order valence-electron chi connectivity index (χ1n) is 10.7. The molecule has 1 aliphatic carbocycles. The topological polar surface area (TPSA) is 74.8 Å². The quantitative estimate of drug-likeness (QED) is 0.755. The molecule has 7 nitrogen and oxygen atoms in total. The van der Waals surface area contributed by atoms with Gasteiger partial charge in [-0.2, -0.15) is 0 Å². The van der Waals surface area contributed by atoms with E-state index in [0.29, 0.717) is 30.7 Å². The first-order valence-corrected chi connectivity index (χ1v) is 10.7. The molecule has 0 bridgehead atoms. The van der Waals surface area contributed by atoms with Crippen LogP contribution in [-0.2, 0) is 11.2 Å². The van der Waals surface area contributed by atoms with Gasteiger partial charge in [0.15, 0.2) is 0 Å². The number of urea groups is 1. The molecule has 7 heteroatoms. The number of benzene rings is 1. The Bertz CT molecular complexity index is 876. The zero-order valence-corrected chi connectivity index (χ0v) is 17.3. The maximum Gasteiger partial charge on any atom is 0.326 e. The number of carbonyl (C=O) groups is 2. The van der Waals surface area contributed by atoms with Gasteiger partial charge in [0.2, 0.25) is 5.91 Å². The fourth-order valence-corrected chi connectivity index (χ4v) is 4.20. The van der Waals surface area contributed by atoms with E-state index in [0.717, 1.165) is 30.7 Å². The van der Waals surface area contributed by atoms with Gasteiger partial charge in [0, 0.05) is 19.1 Å². The molecule has 4 rings (SSSR count). The predicted octanol–water partition coefficient (Wildman–Crippen LogP) is 3.85. The largest absolute Gasteiger partial charge is 0.494 e. The SMILES string of the molecule is CCOc1ccc(CC(=O)Nc2ccc(N3CCN(C4CCCC4)C3=O)nc2)cc1. The summed E-state index contributed by atoms with van der Waals surface area (Å²) in [6.07, 6.45) is 6.50. The van der Waals surface area contributed by atoms with Crippen LogP contribution in [0.2, 0.25) is 0 Å². The average molecular weight is 409 g/mol. The number of amides is 3. The second-order valence-corrected chi connectivity index (χ2v) is 7.77. The molecule has 0 atom stereocenters. The third kappa shape index (κ3) is 4.56. The van der Waals surface area contributed by atoms with Gasteiger partial charge in [-0.1, -0.05) is 25.0 Å². The van der Waals surface area contributed by atoms with Crippen molar-refractivity contribution in [1.29, 1.82) is 0 Å². The molecule has 0 spiro atoms. The average Bonchev–Trinajstić information content (AvgIpc) is 3.40. The summed E-state index contributed by atoms with van der Waals surface area (Å²) in [4.78, 5) is 33.2. The lowest BCUT2D eigenvalue weighted by Crippen LogP contribution is -2.38. The maximum atomic E-state index is 12.8. The Labute approximate surface area is 177 Å². The van der Waals surface area contributed by atoms with Crippen molar-refractivity contribution >= 4 is 23.4 Å². The van der Waals surface area contributed by atoms with Crippen LogP contribution in [0.4, 0.5) is 16.3 Å². The van der Waals surface area contributed by atoms with Crippen LogP contribution in [0.3, 0.4) is 0 Å². The Balaban J connectivity index is 1.32. The van der Waals surface area contributed by atoms with E-state index in [2.05, 4.69) is 10.3 Å². The third-order valence-corrected chi connectivity index (χ3v) is 5.71. The molecule has 3 amide bonds. The smallest absolute Gasteiger partial charge is 0.326 e. The molecule has 1 saturated carbocycles. The van der Waals surface area contributed by atoms with E-state index in [4.69, 9.17) is 4.74 Å². The number of aromatic nitrogens is 1. The minimum atomic E-state index is -0.113. The molecule has 158 valence electrons. The van der Waals surface area contributed by atoms with E-state index in [-0.39, 0.29) is 18.4 Å². The summed E-state index contributed by atoms with van der Waals surface area (Å²) >= 11 is 0. The van der Waals surface area contributed by atoms with Crippen LogP contribution in [-0.4, -0.2) is 47.6 Å². The Morgan fingerprint density at radius 2 is 1.90 bits per heavy atom. The summed E-state index contributed by atoms with van der Waals surface area (Å²) in [6, 6.07) is 11.5. The summed E-state index contributed by atoms with van der Waals surface area (Å²) in [5.41, 5.74) is 1.53.